The van der Waals surface area contributed by atoms with Gasteiger partial charge in [0.1, 0.15) is 16.9 Å². The zero-order valence-corrected chi connectivity index (χ0v) is 8.07. The van der Waals surface area contributed by atoms with Gasteiger partial charge in [-0.2, -0.15) is 5.26 Å². The third-order valence-corrected chi connectivity index (χ3v) is 2.53. The Morgan fingerprint density at radius 1 is 1.64 bits per heavy atom. The van der Waals surface area contributed by atoms with E-state index in [-0.39, 0.29) is 6.10 Å². The number of hydrogen-bond acceptors (Lipinski definition) is 4. The van der Waals surface area contributed by atoms with Gasteiger partial charge < -0.3 is 10.0 Å². The zero-order valence-electron chi connectivity index (χ0n) is 7.31. The Morgan fingerprint density at radius 2 is 2.36 bits per heavy atom. The number of hydrogen-bond donors (Lipinski definition) is 1. The van der Waals surface area contributed by atoms with Crippen LogP contribution < -0.4 is 4.90 Å². The number of aliphatic hydroxyl groups excluding tert-OH is 1. The number of halogens is 1. The van der Waals surface area contributed by atoms with Crippen LogP contribution in [0.4, 0.5) is 5.82 Å². The van der Waals surface area contributed by atoms with Crippen LogP contribution in [0.15, 0.2) is 12.3 Å². The molecule has 0 atom stereocenters. The fourth-order valence-electron chi connectivity index (χ4n) is 1.37. The second-order valence-electron chi connectivity index (χ2n) is 3.17. The third kappa shape index (κ3) is 1.41. The third-order valence-electron chi connectivity index (χ3n) is 2.15. The van der Waals surface area contributed by atoms with Crippen molar-refractivity contribution in [3.8, 4) is 6.07 Å². The summed E-state index contributed by atoms with van der Waals surface area (Å²) in [5.41, 5.74) is 0.415. The van der Waals surface area contributed by atoms with Crippen molar-refractivity contribution in [3.63, 3.8) is 0 Å². The average Bonchev–Trinajstić information content (AvgIpc) is 2.14. The van der Waals surface area contributed by atoms with Crippen molar-refractivity contribution in [3.05, 3.63) is 22.8 Å². The lowest BCUT2D eigenvalue weighted by Gasteiger charge is -2.37. The quantitative estimate of drug-likeness (QED) is 0.743. The molecule has 1 fully saturated rings. The van der Waals surface area contributed by atoms with Crippen LogP contribution in [0.1, 0.15) is 5.56 Å². The minimum absolute atomic E-state index is 0.307. The molecule has 0 bridgehead atoms. The topological polar surface area (TPSA) is 60.2 Å². The largest absolute Gasteiger partial charge is 0.389 e. The highest BCUT2D eigenvalue weighted by Gasteiger charge is 2.27. The standard InChI is InChI=1S/C9H8ClN3O/c10-8-6(3-11)1-2-12-9(8)13-4-7(14)5-13/h1-2,7,14H,4-5H2. The average molecular weight is 210 g/mol. The minimum atomic E-state index is -0.307. The second kappa shape index (κ2) is 3.45. The van der Waals surface area contributed by atoms with Gasteiger partial charge in [-0.05, 0) is 6.07 Å². The van der Waals surface area contributed by atoms with Crippen LogP contribution in [0.3, 0.4) is 0 Å². The molecule has 1 N–H and O–H groups in total. The molecule has 0 aliphatic carbocycles. The number of aliphatic hydroxyl groups is 1. The first-order valence-corrected chi connectivity index (χ1v) is 4.58. The van der Waals surface area contributed by atoms with Gasteiger partial charge >= 0.3 is 0 Å². The van der Waals surface area contributed by atoms with Gasteiger partial charge in [0, 0.05) is 19.3 Å². The molecule has 4 nitrogen and oxygen atoms in total. The molecule has 1 aliphatic rings. The van der Waals surface area contributed by atoms with Crippen molar-refractivity contribution in [2.45, 2.75) is 6.10 Å². The Balaban J connectivity index is 2.31. The first-order valence-electron chi connectivity index (χ1n) is 4.20. The maximum Gasteiger partial charge on any atom is 0.148 e. The van der Waals surface area contributed by atoms with E-state index in [2.05, 4.69) is 4.98 Å². The molecule has 0 spiro atoms. The van der Waals surface area contributed by atoms with E-state index in [0.29, 0.717) is 29.5 Å². The Bertz CT molecular complexity index is 396. The Hall–Kier alpha value is -1.31. The first-order chi connectivity index (χ1) is 6.72. The van der Waals surface area contributed by atoms with Crippen LogP contribution in [0, 0.1) is 11.3 Å². The van der Waals surface area contributed by atoms with Crippen molar-refractivity contribution < 1.29 is 5.11 Å². The summed E-state index contributed by atoms with van der Waals surface area (Å²) in [4.78, 5) is 5.92. The molecule has 1 aromatic heterocycles. The molecule has 5 heteroatoms. The van der Waals surface area contributed by atoms with Crippen molar-refractivity contribution in [1.82, 2.24) is 4.98 Å². The molecular weight excluding hydrogens is 202 g/mol. The van der Waals surface area contributed by atoms with Gasteiger partial charge in [-0.1, -0.05) is 11.6 Å². The van der Waals surface area contributed by atoms with Gasteiger partial charge in [0.05, 0.1) is 11.7 Å². The van der Waals surface area contributed by atoms with E-state index in [1.807, 2.05) is 11.0 Å². The van der Waals surface area contributed by atoms with Gasteiger partial charge in [0.25, 0.3) is 0 Å². The summed E-state index contributed by atoms with van der Waals surface area (Å²) in [6.07, 6.45) is 1.24. The molecule has 1 saturated heterocycles. The van der Waals surface area contributed by atoms with Crippen molar-refractivity contribution in [2.24, 2.45) is 0 Å². The molecule has 1 aliphatic heterocycles. The molecular formula is C9H8ClN3O. The highest BCUT2D eigenvalue weighted by molar-refractivity contribution is 6.34. The number of nitrogens with zero attached hydrogens (tertiary/aromatic N) is 3. The van der Waals surface area contributed by atoms with Crippen LogP contribution in [0.5, 0.6) is 0 Å². The summed E-state index contributed by atoms with van der Waals surface area (Å²) in [6.45, 7) is 1.06. The molecule has 1 aromatic rings. The molecule has 72 valence electrons. The minimum Gasteiger partial charge on any atom is -0.389 e. The van der Waals surface area contributed by atoms with Gasteiger partial charge in [-0.25, -0.2) is 4.98 Å². The summed E-state index contributed by atoms with van der Waals surface area (Å²) in [6, 6.07) is 3.56. The highest BCUT2D eigenvalue weighted by atomic mass is 35.5. The Kier molecular flexibility index (Phi) is 2.28. The summed E-state index contributed by atoms with van der Waals surface area (Å²) in [7, 11) is 0. The van der Waals surface area contributed by atoms with E-state index in [1.165, 1.54) is 0 Å². The van der Waals surface area contributed by atoms with Crippen LogP contribution in [0.2, 0.25) is 5.02 Å². The van der Waals surface area contributed by atoms with Gasteiger partial charge in [0.15, 0.2) is 0 Å². The van der Waals surface area contributed by atoms with Crippen LogP contribution in [-0.4, -0.2) is 29.3 Å². The SMILES string of the molecule is N#Cc1ccnc(N2CC(O)C2)c1Cl. The smallest absolute Gasteiger partial charge is 0.148 e. The molecule has 0 unspecified atom stereocenters. The summed E-state index contributed by atoms with van der Waals surface area (Å²) < 4.78 is 0. The predicted octanol–water partition coefficient (Wildman–Crippen LogP) is 0.788. The molecule has 14 heavy (non-hydrogen) atoms. The zero-order chi connectivity index (χ0) is 10.1. The summed E-state index contributed by atoms with van der Waals surface area (Å²) >= 11 is 5.96. The molecule has 0 saturated carbocycles. The van der Waals surface area contributed by atoms with E-state index in [9.17, 15) is 0 Å². The summed E-state index contributed by atoms with van der Waals surface area (Å²) in [5, 5.41) is 18.2. The molecule has 0 aromatic carbocycles. The maximum atomic E-state index is 9.12. The van der Waals surface area contributed by atoms with E-state index in [4.69, 9.17) is 22.0 Å². The predicted molar refractivity (Wildman–Crippen MR) is 52.2 cm³/mol. The van der Waals surface area contributed by atoms with Gasteiger partial charge in [-0.3, -0.25) is 0 Å². The van der Waals surface area contributed by atoms with E-state index >= 15 is 0 Å². The Morgan fingerprint density at radius 3 is 2.93 bits per heavy atom. The van der Waals surface area contributed by atoms with Crippen LogP contribution in [-0.2, 0) is 0 Å². The van der Waals surface area contributed by atoms with E-state index in [1.54, 1.807) is 12.3 Å². The van der Waals surface area contributed by atoms with Crippen LogP contribution >= 0.6 is 11.6 Å². The lowest BCUT2D eigenvalue weighted by atomic mass is 10.1. The van der Waals surface area contributed by atoms with Gasteiger partial charge in [-0.15, -0.1) is 0 Å². The number of pyridine rings is 1. The van der Waals surface area contributed by atoms with Crippen molar-refractivity contribution >= 4 is 17.4 Å². The number of β-amino-alcohol motifs (C(OH)–C–C–N with tert-alkyl or cyclic N) is 1. The van der Waals surface area contributed by atoms with E-state index < -0.39 is 0 Å². The number of aromatic nitrogens is 1. The normalized spacial score (nSPS) is 16.2. The Labute approximate surface area is 86.4 Å². The highest BCUT2D eigenvalue weighted by Crippen LogP contribution is 2.29. The monoisotopic (exact) mass is 209 g/mol. The van der Waals surface area contributed by atoms with Crippen molar-refractivity contribution in [1.29, 1.82) is 5.26 Å². The lowest BCUT2D eigenvalue weighted by Crippen LogP contribution is -2.51. The second-order valence-corrected chi connectivity index (χ2v) is 3.54. The fraction of sp³-hybridized carbons (Fsp3) is 0.333. The van der Waals surface area contributed by atoms with Crippen LogP contribution in [0.25, 0.3) is 0 Å². The van der Waals surface area contributed by atoms with E-state index in [0.717, 1.165) is 0 Å². The lowest BCUT2D eigenvalue weighted by molar-refractivity contribution is 0.141. The van der Waals surface area contributed by atoms with Gasteiger partial charge in [0.2, 0.25) is 0 Å². The first kappa shape index (κ1) is 9.25. The number of nitriles is 1. The molecule has 2 heterocycles. The van der Waals surface area contributed by atoms with Crippen molar-refractivity contribution in [2.75, 3.05) is 18.0 Å². The molecule has 0 radical (unpaired) electrons. The summed E-state index contributed by atoms with van der Waals surface area (Å²) in [5.74, 6) is 0.580. The number of anilines is 1. The fourth-order valence-corrected chi connectivity index (χ4v) is 1.64. The number of rotatable bonds is 1. The maximum absolute atomic E-state index is 9.12. The molecule has 2 rings (SSSR count). The molecule has 0 amide bonds.